The molecule has 1 unspecified atom stereocenters. The SMILES string of the molecule is CCC1(c2ccccc2)C(=O)N(CCC[NH+]2CCOCC2)c2ccccc21.[Cl-]. The number of nitrogens with one attached hydrogen (secondary N) is 1. The van der Waals surface area contributed by atoms with Crippen LogP contribution in [0.1, 0.15) is 30.9 Å². The van der Waals surface area contributed by atoms with Gasteiger partial charge in [-0.05, 0) is 23.6 Å². The Labute approximate surface area is 173 Å². The summed E-state index contributed by atoms with van der Waals surface area (Å²) in [5.74, 6) is 0.231. The van der Waals surface area contributed by atoms with Crippen LogP contribution in [0.5, 0.6) is 0 Å². The number of anilines is 1. The minimum absolute atomic E-state index is 0. The van der Waals surface area contributed by atoms with Gasteiger partial charge in [-0.15, -0.1) is 0 Å². The van der Waals surface area contributed by atoms with Crippen LogP contribution in [0.25, 0.3) is 0 Å². The number of carbonyl (C=O) groups is 1. The fraction of sp³-hybridized carbons (Fsp3) is 0.435. The minimum atomic E-state index is -0.552. The highest BCUT2D eigenvalue weighted by molar-refractivity contribution is 6.10. The predicted octanol–water partition coefficient (Wildman–Crippen LogP) is -0.961. The maximum Gasteiger partial charge on any atom is 0.242 e. The molecule has 4 rings (SSSR count). The van der Waals surface area contributed by atoms with E-state index in [4.69, 9.17) is 4.74 Å². The summed E-state index contributed by atoms with van der Waals surface area (Å²) in [5, 5.41) is 0. The van der Waals surface area contributed by atoms with Crippen LogP contribution in [0.3, 0.4) is 0 Å². The van der Waals surface area contributed by atoms with Crippen molar-refractivity contribution in [1.29, 1.82) is 0 Å². The molecule has 0 bridgehead atoms. The third-order valence-corrected chi connectivity index (χ3v) is 6.17. The number of quaternary nitrogens is 1. The average molecular weight is 401 g/mol. The molecule has 0 aromatic heterocycles. The summed E-state index contributed by atoms with van der Waals surface area (Å²) in [4.78, 5) is 17.3. The summed E-state index contributed by atoms with van der Waals surface area (Å²) in [6.45, 7) is 7.88. The van der Waals surface area contributed by atoms with Crippen molar-refractivity contribution in [2.75, 3.05) is 44.3 Å². The number of hydrogen-bond acceptors (Lipinski definition) is 2. The van der Waals surface area contributed by atoms with E-state index in [2.05, 4.69) is 37.3 Å². The van der Waals surface area contributed by atoms with Crippen LogP contribution in [0, 0.1) is 0 Å². The number of amides is 1. The first kappa shape index (κ1) is 20.8. The molecule has 1 atom stereocenters. The van der Waals surface area contributed by atoms with Crippen molar-refractivity contribution >= 4 is 11.6 Å². The Hall–Kier alpha value is -1.88. The number of hydrogen-bond donors (Lipinski definition) is 1. The summed E-state index contributed by atoms with van der Waals surface area (Å²) < 4.78 is 5.45. The second kappa shape index (κ2) is 9.08. The lowest BCUT2D eigenvalue weighted by Crippen LogP contribution is -3.14. The van der Waals surface area contributed by atoms with Gasteiger partial charge in [0.05, 0.1) is 19.8 Å². The van der Waals surface area contributed by atoms with E-state index in [9.17, 15) is 4.79 Å². The Morgan fingerprint density at radius 3 is 2.43 bits per heavy atom. The molecule has 150 valence electrons. The van der Waals surface area contributed by atoms with Crippen molar-refractivity contribution in [1.82, 2.24) is 0 Å². The maximum absolute atomic E-state index is 13.7. The van der Waals surface area contributed by atoms with Crippen LogP contribution in [0.2, 0.25) is 0 Å². The molecule has 0 aliphatic carbocycles. The molecular formula is C23H29ClN2O2. The lowest BCUT2D eigenvalue weighted by Gasteiger charge is -2.29. The highest BCUT2D eigenvalue weighted by atomic mass is 35.5. The van der Waals surface area contributed by atoms with Gasteiger partial charge in [-0.1, -0.05) is 55.5 Å². The summed E-state index contributed by atoms with van der Waals surface area (Å²) >= 11 is 0. The van der Waals surface area contributed by atoms with E-state index in [0.29, 0.717) is 0 Å². The molecule has 2 aromatic carbocycles. The first-order valence-corrected chi connectivity index (χ1v) is 10.2. The molecule has 2 aliphatic heterocycles. The zero-order valence-corrected chi connectivity index (χ0v) is 17.3. The third kappa shape index (κ3) is 3.57. The van der Waals surface area contributed by atoms with Crippen LogP contribution in [0.4, 0.5) is 5.69 Å². The Morgan fingerprint density at radius 2 is 1.71 bits per heavy atom. The summed E-state index contributed by atoms with van der Waals surface area (Å²) in [5.41, 5.74) is 2.79. The Morgan fingerprint density at radius 1 is 1.04 bits per heavy atom. The van der Waals surface area contributed by atoms with Gasteiger partial charge < -0.3 is 26.9 Å². The number of fused-ring (bicyclic) bond motifs is 1. The van der Waals surface area contributed by atoms with Crippen molar-refractivity contribution in [2.24, 2.45) is 0 Å². The van der Waals surface area contributed by atoms with E-state index in [1.807, 2.05) is 29.2 Å². The maximum atomic E-state index is 13.7. The van der Waals surface area contributed by atoms with Gasteiger partial charge in [0, 0.05) is 18.7 Å². The van der Waals surface area contributed by atoms with Crippen molar-refractivity contribution in [3.05, 3.63) is 65.7 Å². The van der Waals surface area contributed by atoms with E-state index < -0.39 is 5.41 Å². The number of carbonyl (C=O) groups excluding carboxylic acids is 1. The molecule has 1 N–H and O–H groups in total. The van der Waals surface area contributed by atoms with Crippen LogP contribution in [0.15, 0.2) is 54.6 Å². The van der Waals surface area contributed by atoms with Gasteiger partial charge in [-0.25, -0.2) is 0 Å². The molecule has 5 heteroatoms. The van der Waals surface area contributed by atoms with Gasteiger partial charge >= 0.3 is 0 Å². The van der Waals surface area contributed by atoms with Gasteiger partial charge in [-0.2, -0.15) is 0 Å². The molecular weight excluding hydrogens is 372 g/mol. The number of rotatable bonds is 6. The zero-order chi connectivity index (χ0) is 18.7. The zero-order valence-electron chi connectivity index (χ0n) is 16.5. The molecule has 0 spiro atoms. The molecule has 0 radical (unpaired) electrons. The molecule has 2 aliphatic rings. The average Bonchev–Trinajstić information content (AvgIpc) is 2.98. The van der Waals surface area contributed by atoms with Crippen LogP contribution >= 0.6 is 0 Å². The standard InChI is InChI=1S/C23H28N2O2.ClH/c1-2-23(19-9-4-3-5-10-19)20-11-6-7-12-21(20)25(22(23)26)14-8-13-24-15-17-27-18-16-24;/h3-7,9-12H,2,8,13-18H2,1H3;1H. The number of nitrogens with zero attached hydrogens (tertiary/aromatic N) is 1. The topological polar surface area (TPSA) is 34.0 Å². The Balaban J connectivity index is 0.00000225. The molecule has 2 aromatic rings. The smallest absolute Gasteiger partial charge is 0.242 e. The Kier molecular flexibility index (Phi) is 6.76. The van der Waals surface area contributed by atoms with Crippen LogP contribution in [-0.4, -0.2) is 45.3 Å². The largest absolute Gasteiger partial charge is 1.00 e. The second-order valence-electron chi connectivity index (χ2n) is 7.56. The second-order valence-corrected chi connectivity index (χ2v) is 7.56. The first-order valence-electron chi connectivity index (χ1n) is 10.2. The van der Waals surface area contributed by atoms with Gasteiger partial charge in [0.15, 0.2) is 0 Å². The Bertz CT molecular complexity index is 792. The quantitative estimate of drug-likeness (QED) is 0.677. The van der Waals surface area contributed by atoms with Gasteiger partial charge in [-0.3, -0.25) is 4.79 Å². The first-order chi connectivity index (χ1) is 13.3. The third-order valence-electron chi connectivity index (χ3n) is 6.17. The van der Waals surface area contributed by atoms with Crippen molar-refractivity contribution < 1.29 is 26.8 Å². The highest BCUT2D eigenvalue weighted by Gasteiger charge is 2.50. The van der Waals surface area contributed by atoms with Crippen LogP contribution < -0.4 is 22.2 Å². The van der Waals surface area contributed by atoms with E-state index in [0.717, 1.165) is 69.0 Å². The van der Waals surface area contributed by atoms with E-state index in [1.54, 1.807) is 4.90 Å². The van der Waals surface area contributed by atoms with Gasteiger partial charge in [0.2, 0.25) is 5.91 Å². The van der Waals surface area contributed by atoms with E-state index in [-0.39, 0.29) is 18.3 Å². The lowest BCUT2D eigenvalue weighted by atomic mass is 9.73. The number of para-hydroxylation sites is 1. The summed E-state index contributed by atoms with van der Waals surface area (Å²) in [7, 11) is 0. The molecule has 4 nitrogen and oxygen atoms in total. The van der Waals surface area contributed by atoms with Crippen molar-refractivity contribution in [3.8, 4) is 0 Å². The lowest BCUT2D eigenvalue weighted by molar-refractivity contribution is -0.908. The molecule has 1 saturated heterocycles. The predicted molar refractivity (Wildman–Crippen MR) is 107 cm³/mol. The van der Waals surface area contributed by atoms with Crippen molar-refractivity contribution in [3.63, 3.8) is 0 Å². The van der Waals surface area contributed by atoms with Crippen LogP contribution in [-0.2, 0) is 14.9 Å². The van der Waals surface area contributed by atoms with Gasteiger partial charge in [0.1, 0.15) is 18.5 Å². The molecule has 1 amide bonds. The van der Waals surface area contributed by atoms with Crippen molar-refractivity contribution in [2.45, 2.75) is 25.2 Å². The molecule has 0 saturated carbocycles. The molecule has 2 heterocycles. The van der Waals surface area contributed by atoms with E-state index >= 15 is 0 Å². The summed E-state index contributed by atoms with van der Waals surface area (Å²) in [6.07, 6.45) is 1.79. The van der Waals surface area contributed by atoms with E-state index in [1.165, 1.54) is 0 Å². The highest BCUT2D eigenvalue weighted by Crippen LogP contribution is 2.48. The number of ether oxygens (including phenoxy) is 1. The normalized spacial score (nSPS) is 22.0. The fourth-order valence-corrected chi connectivity index (χ4v) is 4.69. The number of morpholine rings is 1. The monoisotopic (exact) mass is 400 g/mol. The van der Waals surface area contributed by atoms with Gasteiger partial charge in [0.25, 0.3) is 0 Å². The minimum Gasteiger partial charge on any atom is -1.00 e. The summed E-state index contributed by atoms with van der Waals surface area (Å²) in [6, 6.07) is 18.6. The number of benzene rings is 2. The number of halogens is 1. The molecule has 28 heavy (non-hydrogen) atoms. The fourth-order valence-electron chi connectivity index (χ4n) is 4.69. The molecule has 1 fully saturated rings.